The number of benzene rings is 1. The minimum absolute atomic E-state index is 0. The van der Waals surface area contributed by atoms with Crippen LogP contribution in [0, 0.1) is 11.6 Å². The summed E-state index contributed by atoms with van der Waals surface area (Å²) >= 11 is 0. The topological polar surface area (TPSA) is 84.5 Å². The fourth-order valence-corrected chi connectivity index (χ4v) is 4.14. The number of nitrogens with one attached hydrogen (secondary N) is 2. The number of carbonyl (C=O) groups excluding carboxylic acids is 1. The van der Waals surface area contributed by atoms with E-state index >= 15 is 0 Å². The molecule has 1 fully saturated rings. The highest BCUT2D eigenvalue weighted by molar-refractivity contribution is 7.92. The fraction of sp³-hybridized carbons (Fsp3) is 0.562. The third-order valence-electron chi connectivity index (χ3n) is 4.30. The molecular formula is C16H23ClF2N2O4S. The van der Waals surface area contributed by atoms with Gasteiger partial charge >= 0.3 is 0 Å². The zero-order valence-electron chi connectivity index (χ0n) is 14.6. The number of piperidine rings is 1. The van der Waals surface area contributed by atoms with Crippen molar-refractivity contribution in [1.82, 2.24) is 10.6 Å². The zero-order valence-corrected chi connectivity index (χ0v) is 16.2. The molecule has 2 rings (SSSR count). The van der Waals surface area contributed by atoms with Crippen molar-refractivity contribution < 1.29 is 26.7 Å². The van der Waals surface area contributed by atoms with E-state index in [9.17, 15) is 22.0 Å². The van der Waals surface area contributed by atoms with Gasteiger partial charge in [-0.3, -0.25) is 4.79 Å². The van der Waals surface area contributed by atoms with Gasteiger partial charge in [0.1, 0.15) is 12.4 Å². The Labute approximate surface area is 158 Å². The van der Waals surface area contributed by atoms with E-state index in [0.717, 1.165) is 18.4 Å². The van der Waals surface area contributed by atoms with Crippen molar-refractivity contribution in [3.63, 3.8) is 0 Å². The Hall–Kier alpha value is -1.45. The first-order valence-electron chi connectivity index (χ1n) is 7.95. The molecule has 148 valence electrons. The van der Waals surface area contributed by atoms with Gasteiger partial charge in [0.25, 0.3) is 0 Å². The number of amides is 1. The van der Waals surface area contributed by atoms with Gasteiger partial charge in [0.15, 0.2) is 26.2 Å². The molecule has 1 saturated heterocycles. The van der Waals surface area contributed by atoms with Crippen molar-refractivity contribution in [3.8, 4) is 5.75 Å². The summed E-state index contributed by atoms with van der Waals surface area (Å²) in [5.74, 6) is -2.27. The molecule has 26 heavy (non-hydrogen) atoms. The molecule has 10 heteroatoms. The van der Waals surface area contributed by atoms with Crippen molar-refractivity contribution in [2.75, 3.05) is 26.0 Å². The van der Waals surface area contributed by atoms with Crippen LogP contribution >= 0.6 is 12.4 Å². The summed E-state index contributed by atoms with van der Waals surface area (Å²) < 4.78 is 54.5. The molecule has 0 aromatic heterocycles. The molecule has 0 aliphatic carbocycles. The SMILES string of the molecule is CC(COc1ccc(F)cc1F)NC(=O)C1(S(C)(=O)=O)CCNCC1.Cl. The molecule has 0 radical (unpaired) electrons. The van der Waals surface area contributed by atoms with Gasteiger partial charge in [0.2, 0.25) is 5.91 Å². The van der Waals surface area contributed by atoms with E-state index < -0.39 is 38.2 Å². The molecular weight excluding hydrogens is 390 g/mol. The van der Waals surface area contributed by atoms with Crippen molar-refractivity contribution in [3.05, 3.63) is 29.8 Å². The van der Waals surface area contributed by atoms with Crippen LogP contribution in [0.4, 0.5) is 8.78 Å². The van der Waals surface area contributed by atoms with Crippen LogP contribution in [-0.4, -0.2) is 51.1 Å². The summed E-state index contributed by atoms with van der Waals surface area (Å²) in [6.07, 6.45) is 1.45. The van der Waals surface area contributed by atoms with Crippen LogP contribution in [0.2, 0.25) is 0 Å². The second-order valence-electron chi connectivity index (χ2n) is 6.28. The number of rotatable bonds is 6. The van der Waals surface area contributed by atoms with Crippen molar-refractivity contribution in [2.24, 2.45) is 0 Å². The maximum atomic E-state index is 13.5. The smallest absolute Gasteiger partial charge is 0.241 e. The van der Waals surface area contributed by atoms with Gasteiger partial charge in [-0.1, -0.05) is 0 Å². The van der Waals surface area contributed by atoms with Crippen molar-refractivity contribution in [1.29, 1.82) is 0 Å². The fourth-order valence-electron chi connectivity index (χ4n) is 2.80. The maximum absolute atomic E-state index is 13.5. The van der Waals surface area contributed by atoms with Gasteiger partial charge in [-0.2, -0.15) is 0 Å². The molecule has 1 aliphatic rings. The molecule has 1 atom stereocenters. The Morgan fingerprint density at radius 2 is 1.96 bits per heavy atom. The highest BCUT2D eigenvalue weighted by Crippen LogP contribution is 2.28. The van der Waals surface area contributed by atoms with E-state index in [1.54, 1.807) is 6.92 Å². The summed E-state index contributed by atoms with van der Waals surface area (Å²) in [6.45, 7) is 2.42. The summed E-state index contributed by atoms with van der Waals surface area (Å²) in [5, 5.41) is 5.67. The number of hydrogen-bond acceptors (Lipinski definition) is 5. The first-order chi connectivity index (χ1) is 11.7. The average Bonchev–Trinajstić information content (AvgIpc) is 2.53. The predicted molar refractivity (Wildman–Crippen MR) is 96.4 cm³/mol. The second-order valence-corrected chi connectivity index (χ2v) is 8.60. The van der Waals surface area contributed by atoms with E-state index in [2.05, 4.69) is 10.6 Å². The van der Waals surface area contributed by atoms with Gasteiger partial charge < -0.3 is 15.4 Å². The largest absolute Gasteiger partial charge is 0.488 e. The monoisotopic (exact) mass is 412 g/mol. The van der Waals surface area contributed by atoms with E-state index in [4.69, 9.17) is 4.74 Å². The van der Waals surface area contributed by atoms with Crippen LogP contribution in [0.15, 0.2) is 18.2 Å². The minimum atomic E-state index is -3.61. The molecule has 0 saturated carbocycles. The van der Waals surface area contributed by atoms with Crippen LogP contribution in [-0.2, 0) is 14.6 Å². The van der Waals surface area contributed by atoms with Gasteiger partial charge in [-0.05, 0) is 45.0 Å². The van der Waals surface area contributed by atoms with Crippen molar-refractivity contribution >= 4 is 28.2 Å². The number of hydrogen-bond donors (Lipinski definition) is 2. The van der Waals surface area contributed by atoms with Gasteiger partial charge in [-0.15, -0.1) is 12.4 Å². The van der Waals surface area contributed by atoms with E-state index in [-0.39, 0.29) is 37.6 Å². The minimum Gasteiger partial charge on any atom is -0.488 e. The molecule has 1 aromatic carbocycles. The lowest BCUT2D eigenvalue weighted by atomic mass is 9.95. The molecule has 1 heterocycles. The quantitative estimate of drug-likeness (QED) is 0.738. The second kappa shape index (κ2) is 8.96. The normalized spacial score (nSPS) is 17.7. The molecule has 6 nitrogen and oxygen atoms in total. The van der Waals surface area contributed by atoms with E-state index in [1.165, 1.54) is 0 Å². The molecule has 1 unspecified atom stereocenters. The Morgan fingerprint density at radius 1 is 1.35 bits per heavy atom. The number of ether oxygens (including phenoxy) is 1. The molecule has 2 N–H and O–H groups in total. The molecule has 1 amide bonds. The number of sulfone groups is 1. The van der Waals surface area contributed by atoms with Gasteiger partial charge in [0.05, 0.1) is 6.04 Å². The number of halogens is 3. The van der Waals surface area contributed by atoms with Crippen LogP contribution in [0.3, 0.4) is 0 Å². The first-order valence-corrected chi connectivity index (χ1v) is 9.84. The lowest BCUT2D eigenvalue weighted by molar-refractivity contribution is -0.125. The van der Waals surface area contributed by atoms with Crippen molar-refractivity contribution in [2.45, 2.75) is 30.6 Å². The summed E-state index contributed by atoms with van der Waals surface area (Å²) in [5.41, 5.74) is 0. The highest BCUT2D eigenvalue weighted by Gasteiger charge is 2.48. The Balaban J connectivity index is 0.00000338. The summed E-state index contributed by atoms with van der Waals surface area (Å²) in [4.78, 5) is 12.6. The van der Waals surface area contributed by atoms with Crippen LogP contribution < -0.4 is 15.4 Å². The van der Waals surface area contributed by atoms with Gasteiger partial charge in [-0.25, -0.2) is 17.2 Å². The summed E-state index contributed by atoms with van der Waals surface area (Å²) in [6, 6.07) is 2.37. The van der Waals surface area contributed by atoms with Gasteiger partial charge in [0, 0.05) is 12.3 Å². The first kappa shape index (κ1) is 22.6. The predicted octanol–water partition coefficient (Wildman–Crippen LogP) is 1.44. The average molecular weight is 413 g/mol. The lowest BCUT2D eigenvalue weighted by Crippen LogP contribution is -2.59. The molecule has 1 aliphatic heterocycles. The standard InChI is InChI=1S/C16H22F2N2O4S.ClH/c1-11(10-24-14-4-3-12(17)9-13(14)18)20-15(21)16(25(2,22)23)5-7-19-8-6-16;/h3-4,9,11,19H,5-8,10H2,1-2H3,(H,20,21);1H. The number of carbonyl (C=O) groups is 1. The highest BCUT2D eigenvalue weighted by atomic mass is 35.5. The molecule has 1 aromatic rings. The van der Waals surface area contributed by atoms with Crippen LogP contribution in [0.5, 0.6) is 5.75 Å². The molecule has 0 spiro atoms. The maximum Gasteiger partial charge on any atom is 0.241 e. The lowest BCUT2D eigenvalue weighted by Gasteiger charge is -2.35. The Kier molecular flexibility index (Phi) is 7.79. The third kappa shape index (κ3) is 5.05. The summed E-state index contributed by atoms with van der Waals surface area (Å²) in [7, 11) is -3.61. The Morgan fingerprint density at radius 3 is 2.50 bits per heavy atom. The van der Waals surface area contributed by atoms with Crippen LogP contribution in [0.1, 0.15) is 19.8 Å². The molecule has 0 bridgehead atoms. The Bertz CT molecular complexity index is 740. The third-order valence-corrected chi connectivity index (χ3v) is 6.31. The van der Waals surface area contributed by atoms with Crippen LogP contribution in [0.25, 0.3) is 0 Å². The van der Waals surface area contributed by atoms with E-state index in [1.807, 2.05) is 0 Å². The zero-order chi connectivity index (χ0) is 18.7. The van der Waals surface area contributed by atoms with E-state index in [0.29, 0.717) is 19.2 Å².